The summed E-state index contributed by atoms with van der Waals surface area (Å²) in [6.45, 7) is 6.31. The molecule has 0 radical (unpaired) electrons. The number of rotatable bonds is 5. The van der Waals surface area contributed by atoms with Crippen molar-refractivity contribution < 1.29 is 14.2 Å². The maximum atomic E-state index is 6.41. The zero-order valence-corrected chi connectivity index (χ0v) is 14.6. The molecule has 20 heavy (non-hydrogen) atoms. The summed E-state index contributed by atoms with van der Waals surface area (Å²) in [5.74, 6) is 1.39. The molecule has 114 valence electrons. The molecule has 0 spiro atoms. The van der Waals surface area contributed by atoms with Gasteiger partial charge in [0.15, 0.2) is 0 Å². The number of hydrogen-bond acceptors (Lipinski definition) is 4. The molecular formula is C15H24BrNO3. The molecule has 1 aromatic carbocycles. The third-order valence-corrected chi connectivity index (χ3v) is 4.06. The van der Waals surface area contributed by atoms with E-state index in [0.29, 0.717) is 11.5 Å². The lowest BCUT2D eigenvalue weighted by Gasteiger charge is -2.34. The van der Waals surface area contributed by atoms with Gasteiger partial charge in [0.05, 0.1) is 26.4 Å². The largest absolute Gasteiger partial charge is 0.495 e. The highest BCUT2D eigenvalue weighted by Gasteiger charge is 2.33. The molecule has 0 saturated carbocycles. The lowest BCUT2D eigenvalue weighted by Crippen LogP contribution is -2.38. The summed E-state index contributed by atoms with van der Waals surface area (Å²) < 4.78 is 17.1. The first-order valence-electron chi connectivity index (χ1n) is 6.46. The lowest BCUT2D eigenvalue weighted by atomic mass is 9.82. The minimum absolute atomic E-state index is 0.0778. The Morgan fingerprint density at radius 3 is 2.10 bits per heavy atom. The number of methoxy groups -OCH3 is 3. The van der Waals surface area contributed by atoms with Crippen LogP contribution in [0, 0.1) is 5.41 Å². The van der Waals surface area contributed by atoms with E-state index in [-0.39, 0.29) is 17.6 Å². The van der Waals surface area contributed by atoms with Gasteiger partial charge < -0.3 is 19.9 Å². The summed E-state index contributed by atoms with van der Waals surface area (Å²) in [5, 5.41) is 0. The molecule has 0 aliphatic carbocycles. The second kappa shape index (κ2) is 6.78. The van der Waals surface area contributed by atoms with Gasteiger partial charge in [0, 0.05) is 12.7 Å². The molecule has 1 rings (SSSR count). The fraction of sp³-hybridized carbons (Fsp3) is 0.600. The van der Waals surface area contributed by atoms with E-state index in [4.69, 9.17) is 19.9 Å². The van der Waals surface area contributed by atoms with E-state index in [1.807, 2.05) is 12.1 Å². The molecule has 0 heterocycles. The van der Waals surface area contributed by atoms with Gasteiger partial charge in [0.1, 0.15) is 16.0 Å². The van der Waals surface area contributed by atoms with E-state index in [0.717, 1.165) is 10.0 Å². The van der Waals surface area contributed by atoms with Gasteiger partial charge in [-0.1, -0.05) is 20.8 Å². The summed E-state index contributed by atoms with van der Waals surface area (Å²) >= 11 is 3.50. The van der Waals surface area contributed by atoms with Gasteiger partial charge in [-0.05, 0) is 33.5 Å². The number of benzene rings is 1. The highest BCUT2D eigenvalue weighted by atomic mass is 79.9. The molecule has 0 aliphatic heterocycles. The highest BCUT2D eigenvalue weighted by molar-refractivity contribution is 9.10. The van der Waals surface area contributed by atoms with E-state index in [9.17, 15) is 0 Å². The molecule has 0 amide bonds. The van der Waals surface area contributed by atoms with Crippen molar-refractivity contribution in [2.24, 2.45) is 11.1 Å². The van der Waals surface area contributed by atoms with E-state index >= 15 is 0 Å². The summed E-state index contributed by atoms with van der Waals surface area (Å²) in [5.41, 5.74) is 7.22. The molecule has 0 aliphatic rings. The van der Waals surface area contributed by atoms with Crippen LogP contribution in [0.3, 0.4) is 0 Å². The van der Waals surface area contributed by atoms with Crippen molar-refractivity contribution >= 4 is 15.9 Å². The Labute approximate surface area is 129 Å². The van der Waals surface area contributed by atoms with Gasteiger partial charge in [-0.2, -0.15) is 0 Å². The predicted octanol–water partition coefficient (Wildman–Crippen LogP) is 3.53. The van der Waals surface area contributed by atoms with Crippen LogP contribution >= 0.6 is 15.9 Å². The SMILES string of the molecule is COc1ccc(C(N)C(OC)C(C)(C)C)c(OC)c1Br. The molecule has 4 nitrogen and oxygen atoms in total. The highest BCUT2D eigenvalue weighted by Crippen LogP contribution is 2.42. The second-order valence-corrected chi connectivity index (χ2v) is 6.55. The summed E-state index contributed by atoms with van der Waals surface area (Å²) in [6, 6.07) is 3.50. The smallest absolute Gasteiger partial charge is 0.141 e. The van der Waals surface area contributed by atoms with Gasteiger partial charge in [0.2, 0.25) is 0 Å². The van der Waals surface area contributed by atoms with Gasteiger partial charge in [0.25, 0.3) is 0 Å². The Kier molecular flexibility index (Phi) is 5.86. The Hall–Kier alpha value is -0.780. The van der Waals surface area contributed by atoms with Crippen molar-refractivity contribution in [1.29, 1.82) is 0 Å². The molecular weight excluding hydrogens is 322 g/mol. The van der Waals surface area contributed by atoms with Crippen molar-refractivity contribution in [2.45, 2.75) is 32.9 Å². The van der Waals surface area contributed by atoms with Gasteiger partial charge in [-0.25, -0.2) is 0 Å². The topological polar surface area (TPSA) is 53.7 Å². The van der Waals surface area contributed by atoms with Crippen molar-refractivity contribution in [3.8, 4) is 11.5 Å². The summed E-state index contributed by atoms with van der Waals surface area (Å²) in [4.78, 5) is 0. The van der Waals surface area contributed by atoms with Crippen LogP contribution in [0.4, 0.5) is 0 Å². The van der Waals surface area contributed by atoms with Crippen molar-refractivity contribution in [1.82, 2.24) is 0 Å². The van der Waals surface area contributed by atoms with Gasteiger partial charge in [-0.3, -0.25) is 0 Å². The maximum absolute atomic E-state index is 6.41. The minimum Gasteiger partial charge on any atom is -0.495 e. The van der Waals surface area contributed by atoms with Crippen LogP contribution < -0.4 is 15.2 Å². The summed E-state index contributed by atoms with van der Waals surface area (Å²) in [6.07, 6.45) is -0.128. The molecule has 5 heteroatoms. The first-order chi connectivity index (χ1) is 9.27. The number of ether oxygens (including phenoxy) is 3. The zero-order valence-electron chi connectivity index (χ0n) is 13.0. The van der Waals surface area contributed by atoms with Crippen molar-refractivity contribution in [3.05, 3.63) is 22.2 Å². The van der Waals surface area contributed by atoms with E-state index < -0.39 is 0 Å². The Bertz CT molecular complexity index is 457. The zero-order chi connectivity index (χ0) is 15.5. The Balaban J connectivity index is 3.28. The molecule has 2 unspecified atom stereocenters. The third kappa shape index (κ3) is 3.45. The van der Waals surface area contributed by atoms with Crippen LogP contribution in [-0.4, -0.2) is 27.4 Å². The first kappa shape index (κ1) is 17.3. The van der Waals surface area contributed by atoms with Crippen LogP contribution in [0.1, 0.15) is 32.4 Å². The van der Waals surface area contributed by atoms with Crippen LogP contribution in [-0.2, 0) is 4.74 Å². The second-order valence-electron chi connectivity index (χ2n) is 5.75. The molecule has 0 saturated heterocycles. The first-order valence-corrected chi connectivity index (χ1v) is 7.26. The molecule has 1 aromatic rings. The van der Waals surface area contributed by atoms with E-state index in [2.05, 4.69) is 36.7 Å². The fourth-order valence-electron chi connectivity index (χ4n) is 2.38. The molecule has 2 atom stereocenters. The Morgan fingerprint density at radius 2 is 1.70 bits per heavy atom. The van der Waals surface area contributed by atoms with Crippen LogP contribution in [0.25, 0.3) is 0 Å². The normalized spacial score (nSPS) is 14.8. The molecule has 0 bridgehead atoms. The van der Waals surface area contributed by atoms with E-state index in [1.165, 1.54) is 0 Å². The monoisotopic (exact) mass is 345 g/mol. The number of hydrogen-bond donors (Lipinski definition) is 1. The third-order valence-electron chi connectivity index (χ3n) is 3.31. The van der Waals surface area contributed by atoms with Gasteiger partial charge >= 0.3 is 0 Å². The van der Waals surface area contributed by atoms with E-state index in [1.54, 1.807) is 21.3 Å². The van der Waals surface area contributed by atoms with Crippen LogP contribution in [0.15, 0.2) is 16.6 Å². The summed E-state index contributed by atoms with van der Waals surface area (Å²) in [7, 11) is 4.92. The Morgan fingerprint density at radius 1 is 1.10 bits per heavy atom. The van der Waals surface area contributed by atoms with Crippen molar-refractivity contribution in [2.75, 3.05) is 21.3 Å². The molecule has 2 N–H and O–H groups in total. The average molecular weight is 346 g/mol. The number of nitrogens with two attached hydrogens (primary N) is 1. The van der Waals surface area contributed by atoms with Crippen LogP contribution in [0.5, 0.6) is 11.5 Å². The lowest BCUT2D eigenvalue weighted by molar-refractivity contribution is -0.00291. The maximum Gasteiger partial charge on any atom is 0.141 e. The minimum atomic E-state index is -0.294. The number of halogens is 1. The van der Waals surface area contributed by atoms with Crippen molar-refractivity contribution in [3.63, 3.8) is 0 Å². The van der Waals surface area contributed by atoms with Crippen LogP contribution in [0.2, 0.25) is 0 Å². The predicted molar refractivity (Wildman–Crippen MR) is 84.4 cm³/mol. The molecule has 0 aromatic heterocycles. The molecule has 0 fully saturated rings. The average Bonchev–Trinajstić information content (AvgIpc) is 2.37. The van der Waals surface area contributed by atoms with Gasteiger partial charge in [-0.15, -0.1) is 0 Å². The standard InChI is InChI=1S/C15H24BrNO3/c1-15(2,3)14(20-6)12(17)9-7-8-10(18-4)11(16)13(9)19-5/h7-8,12,14H,17H2,1-6H3. The quantitative estimate of drug-likeness (QED) is 0.886. The fourth-order valence-corrected chi connectivity index (χ4v) is 3.07.